The number of pyridine rings is 1. The number of hydrogen-bond acceptors (Lipinski definition) is 7. The first-order valence-electron chi connectivity index (χ1n) is 12.9. The van der Waals surface area contributed by atoms with Gasteiger partial charge in [-0.15, -0.1) is 0 Å². The number of piperazine rings is 1. The van der Waals surface area contributed by atoms with Crippen LogP contribution in [-0.4, -0.2) is 50.9 Å². The molecule has 8 nitrogen and oxygen atoms in total. The van der Waals surface area contributed by atoms with Gasteiger partial charge in [0.25, 0.3) is 5.91 Å². The number of hydrogen-bond donors (Lipinski definition) is 3. The summed E-state index contributed by atoms with van der Waals surface area (Å²) in [5, 5.41) is 9.86. The van der Waals surface area contributed by atoms with Crippen LogP contribution in [0.1, 0.15) is 35.3 Å². The lowest BCUT2D eigenvalue weighted by atomic mass is 10.1. The zero-order chi connectivity index (χ0) is 26.5. The summed E-state index contributed by atoms with van der Waals surface area (Å²) in [4.78, 5) is 28.6. The van der Waals surface area contributed by atoms with Crippen molar-refractivity contribution in [3.05, 3.63) is 95.9 Å². The predicted molar refractivity (Wildman–Crippen MR) is 151 cm³/mol. The molecule has 38 heavy (non-hydrogen) atoms. The Morgan fingerprint density at radius 3 is 2.55 bits per heavy atom. The average Bonchev–Trinajstić information content (AvgIpc) is 2.91. The first kappa shape index (κ1) is 25.5. The second-order valence-corrected chi connectivity index (χ2v) is 9.98. The van der Waals surface area contributed by atoms with Gasteiger partial charge in [0.1, 0.15) is 0 Å². The summed E-state index contributed by atoms with van der Waals surface area (Å²) >= 11 is 0. The van der Waals surface area contributed by atoms with Crippen LogP contribution in [0.25, 0.3) is 11.3 Å². The van der Waals surface area contributed by atoms with Crippen molar-refractivity contribution in [3.63, 3.8) is 0 Å². The number of nitrogens with one attached hydrogen (secondary N) is 3. The maximum absolute atomic E-state index is 13.0. The van der Waals surface area contributed by atoms with E-state index in [0.29, 0.717) is 29.3 Å². The van der Waals surface area contributed by atoms with Crippen molar-refractivity contribution in [3.8, 4) is 11.3 Å². The van der Waals surface area contributed by atoms with Crippen molar-refractivity contribution < 1.29 is 4.79 Å². The third-order valence-electron chi connectivity index (χ3n) is 6.61. The maximum Gasteiger partial charge on any atom is 0.255 e. The molecule has 0 bridgehead atoms. The lowest BCUT2D eigenvalue weighted by Crippen LogP contribution is -2.53. The van der Waals surface area contributed by atoms with Gasteiger partial charge < -0.3 is 16.0 Å². The quantitative estimate of drug-likeness (QED) is 0.323. The molecule has 2 aromatic heterocycles. The minimum atomic E-state index is -0.148. The zero-order valence-electron chi connectivity index (χ0n) is 22.0. The molecule has 2 aromatic carbocycles. The van der Waals surface area contributed by atoms with Crippen LogP contribution < -0.4 is 16.0 Å². The number of amides is 1. The molecule has 1 fully saturated rings. The van der Waals surface area contributed by atoms with E-state index in [9.17, 15) is 4.79 Å². The summed E-state index contributed by atoms with van der Waals surface area (Å²) in [6.07, 6.45) is 5.22. The number of benzene rings is 2. The van der Waals surface area contributed by atoms with Gasteiger partial charge in [-0.1, -0.05) is 18.2 Å². The number of carbonyl (C=O) groups is 1. The van der Waals surface area contributed by atoms with Crippen LogP contribution in [-0.2, 0) is 6.54 Å². The van der Waals surface area contributed by atoms with Gasteiger partial charge in [-0.05, 0) is 74.4 Å². The van der Waals surface area contributed by atoms with Crippen molar-refractivity contribution in [2.45, 2.75) is 39.4 Å². The molecule has 3 N–H and O–H groups in total. The fraction of sp³-hybridized carbons (Fsp3) is 0.267. The summed E-state index contributed by atoms with van der Waals surface area (Å²) in [5.41, 5.74) is 6.05. The number of rotatable bonds is 7. The Morgan fingerprint density at radius 1 is 1.03 bits per heavy atom. The standard InChI is InChI=1S/C30H33N7O/c1-20-6-11-26(15-28(20)36-30-32-14-12-27(35-30)25-5-4-13-31-16-25)34-29(38)24-9-7-23(8-10-24)19-37-17-21(2)33-22(3)18-37/h4-16,21-22,33H,17-19H2,1-3H3,(H,34,38)(H,32,35,36)/t21-,22+. The van der Waals surface area contributed by atoms with Crippen molar-refractivity contribution >= 4 is 23.2 Å². The van der Waals surface area contributed by atoms with E-state index in [2.05, 4.69) is 49.6 Å². The van der Waals surface area contributed by atoms with E-state index >= 15 is 0 Å². The molecule has 1 saturated heterocycles. The second kappa shape index (κ2) is 11.5. The number of carbonyl (C=O) groups excluding carboxylic acids is 1. The van der Waals surface area contributed by atoms with Crippen LogP contribution in [0.4, 0.5) is 17.3 Å². The molecule has 0 spiro atoms. The monoisotopic (exact) mass is 507 g/mol. The molecular formula is C30H33N7O. The number of aromatic nitrogens is 3. The molecule has 1 aliphatic heterocycles. The van der Waals surface area contributed by atoms with Crippen LogP contribution in [0.5, 0.6) is 0 Å². The third-order valence-corrected chi connectivity index (χ3v) is 6.61. The normalized spacial score (nSPS) is 17.7. The summed E-state index contributed by atoms with van der Waals surface area (Å²) in [6.45, 7) is 9.36. The Labute approximate surface area is 223 Å². The van der Waals surface area contributed by atoms with Gasteiger partial charge in [0.05, 0.1) is 5.69 Å². The van der Waals surface area contributed by atoms with Crippen molar-refractivity contribution in [2.24, 2.45) is 0 Å². The summed E-state index contributed by atoms with van der Waals surface area (Å²) < 4.78 is 0. The van der Waals surface area contributed by atoms with Gasteiger partial charge in [0.2, 0.25) is 5.95 Å². The molecule has 0 radical (unpaired) electrons. The summed E-state index contributed by atoms with van der Waals surface area (Å²) in [7, 11) is 0. The third kappa shape index (κ3) is 6.40. The molecule has 3 heterocycles. The second-order valence-electron chi connectivity index (χ2n) is 9.98. The van der Waals surface area contributed by atoms with Crippen LogP contribution in [0.15, 0.2) is 79.3 Å². The van der Waals surface area contributed by atoms with Gasteiger partial charge in [-0.3, -0.25) is 14.7 Å². The van der Waals surface area contributed by atoms with E-state index in [-0.39, 0.29) is 5.91 Å². The smallest absolute Gasteiger partial charge is 0.255 e. The van der Waals surface area contributed by atoms with Gasteiger partial charge in [-0.2, -0.15) is 0 Å². The van der Waals surface area contributed by atoms with E-state index in [4.69, 9.17) is 0 Å². The molecule has 0 unspecified atom stereocenters. The van der Waals surface area contributed by atoms with Crippen LogP contribution in [0.3, 0.4) is 0 Å². The van der Waals surface area contributed by atoms with Crippen molar-refractivity contribution in [2.75, 3.05) is 23.7 Å². The van der Waals surface area contributed by atoms with Gasteiger partial charge in [0.15, 0.2) is 0 Å². The Morgan fingerprint density at radius 2 is 1.82 bits per heavy atom. The van der Waals surface area contributed by atoms with E-state index in [1.807, 2.05) is 67.6 Å². The van der Waals surface area contributed by atoms with Crippen LogP contribution in [0.2, 0.25) is 0 Å². The Bertz CT molecular complexity index is 1380. The predicted octanol–water partition coefficient (Wildman–Crippen LogP) is 5.03. The molecule has 2 atom stereocenters. The van der Waals surface area contributed by atoms with Crippen LogP contribution in [0, 0.1) is 6.92 Å². The highest BCUT2D eigenvalue weighted by Crippen LogP contribution is 2.25. The Balaban J connectivity index is 1.24. The molecule has 8 heteroatoms. The topological polar surface area (TPSA) is 95.1 Å². The largest absolute Gasteiger partial charge is 0.324 e. The lowest BCUT2D eigenvalue weighted by Gasteiger charge is -2.36. The van der Waals surface area contributed by atoms with E-state index in [1.54, 1.807) is 18.6 Å². The minimum absolute atomic E-state index is 0.148. The zero-order valence-corrected chi connectivity index (χ0v) is 22.0. The van der Waals surface area contributed by atoms with E-state index in [1.165, 1.54) is 5.56 Å². The minimum Gasteiger partial charge on any atom is -0.324 e. The molecule has 4 aromatic rings. The SMILES string of the molecule is Cc1ccc(NC(=O)c2ccc(CN3C[C@@H](C)N[C@@H](C)C3)cc2)cc1Nc1nccc(-c2cccnc2)n1. The molecule has 0 aliphatic carbocycles. The summed E-state index contributed by atoms with van der Waals surface area (Å²) in [5.74, 6) is 0.326. The fourth-order valence-electron chi connectivity index (χ4n) is 4.84. The number of nitrogens with zero attached hydrogens (tertiary/aromatic N) is 4. The molecular weight excluding hydrogens is 474 g/mol. The molecule has 0 saturated carbocycles. The Kier molecular flexibility index (Phi) is 7.72. The number of aryl methyl sites for hydroxylation is 1. The molecule has 1 amide bonds. The highest BCUT2D eigenvalue weighted by atomic mass is 16.1. The van der Waals surface area contributed by atoms with E-state index in [0.717, 1.165) is 42.1 Å². The van der Waals surface area contributed by atoms with E-state index < -0.39 is 0 Å². The van der Waals surface area contributed by atoms with Gasteiger partial charge in [-0.25, -0.2) is 9.97 Å². The highest BCUT2D eigenvalue weighted by molar-refractivity contribution is 6.04. The first-order chi connectivity index (χ1) is 18.4. The lowest BCUT2D eigenvalue weighted by molar-refractivity contribution is 0.102. The molecule has 5 rings (SSSR count). The van der Waals surface area contributed by atoms with Gasteiger partial charge in [0, 0.05) is 72.8 Å². The summed E-state index contributed by atoms with van der Waals surface area (Å²) in [6, 6.07) is 20.3. The Hall–Kier alpha value is -4.14. The fourth-order valence-corrected chi connectivity index (χ4v) is 4.84. The van der Waals surface area contributed by atoms with Crippen molar-refractivity contribution in [1.29, 1.82) is 0 Å². The van der Waals surface area contributed by atoms with Gasteiger partial charge >= 0.3 is 0 Å². The number of anilines is 3. The average molecular weight is 508 g/mol. The maximum atomic E-state index is 13.0. The van der Waals surface area contributed by atoms with Crippen molar-refractivity contribution in [1.82, 2.24) is 25.2 Å². The highest BCUT2D eigenvalue weighted by Gasteiger charge is 2.20. The molecule has 194 valence electrons. The van der Waals surface area contributed by atoms with Crippen LogP contribution >= 0.6 is 0 Å². The first-order valence-corrected chi connectivity index (χ1v) is 12.9. The molecule has 1 aliphatic rings.